The second-order valence-corrected chi connectivity index (χ2v) is 16.4. The maximum absolute atomic E-state index is 11.2. The molecule has 1 saturated carbocycles. The second kappa shape index (κ2) is 27.9. The van der Waals surface area contributed by atoms with Gasteiger partial charge in [-0.3, -0.25) is 0 Å². The molecule has 1 aliphatic carbocycles. The first kappa shape index (κ1) is 45.8. The van der Waals surface area contributed by atoms with Crippen LogP contribution in [0.2, 0.25) is 0 Å². The van der Waals surface area contributed by atoms with Gasteiger partial charge in [0.15, 0.2) is 0 Å². The summed E-state index contributed by atoms with van der Waals surface area (Å²) in [7, 11) is -2.87. The number of phenolic OH excluding ortho intramolecular Hbond substituents is 2. The molecule has 0 heterocycles. The SMILES string of the molecule is CCCCCCCCCCCCc1cccc(OP([O-])[O-])c1CCCCCCCCCCCC.Oc1ccc(C2(c3ccc(O)cc3)CCCCC2)cc1. The summed E-state index contributed by atoms with van der Waals surface area (Å²) in [5.74, 6) is 1.17. The minimum atomic E-state index is -2.87. The van der Waals surface area contributed by atoms with Crippen molar-refractivity contribution in [3.8, 4) is 17.2 Å². The molecule has 0 amide bonds. The molecular formula is C48H73O5P-2. The molecule has 3 aromatic carbocycles. The molecule has 5 nitrogen and oxygen atoms in total. The fourth-order valence-corrected chi connectivity index (χ4v) is 8.68. The van der Waals surface area contributed by atoms with E-state index in [-0.39, 0.29) is 5.41 Å². The van der Waals surface area contributed by atoms with Gasteiger partial charge >= 0.3 is 0 Å². The number of aromatic hydroxyl groups is 2. The largest absolute Gasteiger partial charge is 0.810 e. The van der Waals surface area contributed by atoms with Crippen molar-refractivity contribution in [2.45, 2.75) is 193 Å². The smallest absolute Gasteiger partial charge is 0.123 e. The number of phenols is 2. The Hall–Kier alpha value is -2.59. The standard InChI is InChI=1S/C30H53O3P.C18H20O2/c1-3-5-7-9-11-13-15-17-19-21-24-28-25-23-27-30(33-34(31)32)29(28)26-22-20-18-16-14-12-10-8-6-4-2;19-16-8-4-14(5-9-16)18(12-2-1-3-13-18)15-6-10-17(20)11-7-15/h23,25,27H,3-22,24,26H2,1-2H3;4-11,19-20H,1-3,12-13H2/q-2;. The van der Waals surface area contributed by atoms with Gasteiger partial charge in [-0.2, -0.15) is 0 Å². The zero-order chi connectivity index (χ0) is 38.7. The van der Waals surface area contributed by atoms with E-state index in [2.05, 4.69) is 19.9 Å². The molecule has 3 aromatic rings. The lowest BCUT2D eigenvalue weighted by Crippen LogP contribution is -2.30. The minimum Gasteiger partial charge on any atom is -0.810 e. The monoisotopic (exact) mass is 761 g/mol. The van der Waals surface area contributed by atoms with Crippen molar-refractivity contribution in [2.75, 3.05) is 0 Å². The second-order valence-electron chi connectivity index (χ2n) is 15.8. The van der Waals surface area contributed by atoms with E-state index in [0.717, 1.165) is 37.7 Å². The average Bonchev–Trinajstić information content (AvgIpc) is 3.18. The van der Waals surface area contributed by atoms with Crippen LogP contribution in [0.5, 0.6) is 17.2 Å². The molecule has 0 unspecified atom stereocenters. The molecule has 4 rings (SSSR count). The average molecular weight is 761 g/mol. The molecule has 0 radical (unpaired) electrons. The number of hydrogen-bond donors (Lipinski definition) is 2. The summed E-state index contributed by atoms with van der Waals surface area (Å²) in [4.78, 5) is 22.5. The summed E-state index contributed by atoms with van der Waals surface area (Å²) in [6.45, 7) is 4.53. The van der Waals surface area contributed by atoms with Crippen LogP contribution in [0, 0.1) is 0 Å². The van der Waals surface area contributed by atoms with Crippen molar-refractivity contribution < 1.29 is 24.5 Å². The van der Waals surface area contributed by atoms with Crippen LogP contribution in [-0.4, -0.2) is 10.2 Å². The zero-order valence-electron chi connectivity index (χ0n) is 34.0. The summed E-state index contributed by atoms with van der Waals surface area (Å²) < 4.78 is 5.18. The summed E-state index contributed by atoms with van der Waals surface area (Å²) in [5, 5.41) is 19.0. The van der Waals surface area contributed by atoms with E-state index in [9.17, 15) is 20.0 Å². The van der Waals surface area contributed by atoms with Crippen LogP contribution in [0.3, 0.4) is 0 Å². The molecule has 1 fully saturated rings. The molecule has 0 spiro atoms. The molecule has 54 heavy (non-hydrogen) atoms. The predicted molar refractivity (Wildman–Crippen MR) is 225 cm³/mol. The van der Waals surface area contributed by atoms with Crippen LogP contribution in [-0.2, 0) is 18.3 Å². The van der Waals surface area contributed by atoms with Crippen molar-refractivity contribution in [2.24, 2.45) is 0 Å². The van der Waals surface area contributed by atoms with Gasteiger partial charge in [-0.05, 0) is 91.1 Å². The lowest BCUT2D eigenvalue weighted by atomic mass is 9.65. The summed E-state index contributed by atoms with van der Waals surface area (Å²) in [6.07, 6.45) is 34.4. The van der Waals surface area contributed by atoms with Crippen molar-refractivity contribution in [3.63, 3.8) is 0 Å². The Balaban J connectivity index is 0.000000329. The van der Waals surface area contributed by atoms with E-state index in [1.165, 1.54) is 158 Å². The van der Waals surface area contributed by atoms with E-state index < -0.39 is 8.60 Å². The van der Waals surface area contributed by atoms with Gasteiger partial charge < -0.3 is 24.5 Å². The Morgan fingerprint density at radius 1 is 0.519 bits per heavy atom. The van der Waals surface area contributed by atoms with Gasteiger partial charge in [-0.15, -0.1) is 0 Å². The third kappa shape index (κ3) is 17.5. The first-order valence-electron chi connectivity index (χ1n) is 21.9. The predicted octanol–water partition coefficient (Wildman–Crippen LogP) is 13.3. The maximum atomic E-state index is 11.2. The molecule has 1 aliphatic rings. The van der Waals surface area contributed by atoms with Gasteiger partial charge in [0.2, 0.25) is 0 Å². The molecule has 0 aromatic heterocycles. The molecule has 0 aliphatic heterocycles. The molecule has 6 heteroatoms. The zero-order valence-corrected chi connectivity index (χ0v) is 34.9. The van der Waals surface area contributed by atoms with E-state index in [0.29, 0.717) is 17.2 Å². The minimum absolute atomic E-state index is 0.0274. The van der Waals surface area contributed by atoms with Crippen LogP contribution >= 0.6 is 8.60 Å². The number of unbranched alkanes of at least 4 members (excludes halogenated alkanes) is 18. The highest BCUT2D eigenvalue weighted by atomic mass is 31.2. The molecule has 2 N–H and O–H groups in total. The molecule has 0 saturated heterocycles. The third-order valence-electron chi connectivity index (χ3n) is 11.5. The Kier molecular flexibility index (Phi) is 23.7. The van der Waals surface area contributed by atoms with Crippen molar-refractivity contribution in [3.05, 3.63) is 89.0 Å². The summed E-state index contributed by atoms with van der Waals surface area (Å²) in [6, 6.07) is 21.2. The molecule has 0 bridgehead atoms. The quantitative estimate of drug-likeness (QED) is 0.0627. The Morgan fingerprint density at radius 3 is 1.35 bits per heavy atom. The highest BCUT2D eigenvalue weighted by Crippen LogP contribution is 2.45. The highest BCUT2D eigenvalue weighted by molar-refractivity contribution is 7.36. The number of rotatable bonds is 26. The molecule has 0 atom stereocenters. The van der Waals surface area contributed by atoms with Gasteiger partial charge in [-0.1, -0.05) is 194 Å². The normalized spacial score (nSPS) is 13.8. The first-order valence-corrected chi connectivity index (χ1v) is 23.0. The Morgan fingerprint density at radius 2 is 0.926 bits per heavy atom. The number of benzene rings is 3. The van der Waals surface area contributed by atoms with E-state index in [1.807, 2.05) is 36.4 Å². The van der Waals surface area contributed by atoms with Crippen LogP contribution in [0.15, 0.2) is 66.7 Å². The van der Waals surface area contributed by atoms with Crippen molar-refractivity contribution >= 4 is 8.60 Å². The number of aryl methyl sites for hydroxylation is 1. The number of hydrogen-bond acceptors (Lipinski definition) is 5. The van der Waals surface area contributed by atoms with Crippen LogP contribution in [0.4, 0.5) is 0 Å². The topological polar surface area (TPSA) is 95.8 Å². The first-order chi connectivity index (χ1) is 26.4. The van der Waals surface area contributed by atoms with Gasteiger partial charge in [0, 0.05) is 5.41 Å². The lowest BCUT2D eigenvalue weighted by molar-refractivity contribution is -0.310. The van der Waals surface area contributed by atoms with Gasteiger partial charge in [0.25, 0.3) is 0 Å². The van der Waals surface area contributed by atoms with Crippen molar-refractivity contribution in [1.82, 2.24) is 0 Å². The Bertz CT molecular complexity index is 1300. The van der Waals surface area contributed by atoms with Crippen molar-refractivity contribution in [1.29, 1.82) is 0 Å². The van der Waals surface area contributed by atoms with Crippen LogP contribution < -0.4 is 14.3 Å². The fourth-order valence-electron chi connectivity index (χ4n) is 8.35. The van der Waals surface area contributed by atoms with Crippen LogP contribution in [0.1, 0.15) is 197 Å². The molecule has 302 valence electrons. The summed E-state index contributed by atoms with van der Waals surface area (Å²) >= 11 is 0. The highest BCUT2D eigenvalue weighted by Gasteiger charge is 2.35. The third-order valence-corrected chi connectivity index (χ3v) is 11.9. The van der Waals surface area contributed by atoms with E-state index >= 15 is 0 Å². The Labute approximate surface area is 331 Å². The van der Waals surface area contributed by atoms with E-state index in [1.54, 1.807) is 24.3 Å². The van der Waals surface area contributed by atoms with Gasteiger partial charge in [0.05, 0.1) is 0 Å². The maximum Gasteiger partial charge on any atom is 0.123 e. The molecular weight excluding hydrogens is 687 g/mol. The van der Waals surface area contributed by atoms with Gasteiger partial charge in [0.1, 0.15) is 17.2 Å². The van der Waals surface area contributed by atoms with E-state index in [4.69, 9.17) is 4.52 Å². The lowest BCUT2D eigenvalue weighted by Gasteiger charge is -2.38. The van der Waals surface area contributed by atoms with Crippen LogP contribution in [0.25, 0.3) is 0 Å². The summed E-state index contributed by atoms with van der Waals surface area (Å²) in [5.41, 5.74) is 4.96. The fraction of sp³-hybridized carbons (Fsp3) is 0.625. The van der Waals surface area contributed by atoms with Gasteiger partial charge in [-0.25, -0.2) is 0 Å².